The topological polar surface area (TPSA) is 40.5 Å². The van der Waals surface area contributed by atoms with Gasteiger partial charge in [0.25, 0.3) is 0 Å². The molecule has 0 bridgehead atoms. The summed E-state index contributed by atoms with van der Waals surface area (Å²) in [7, 11) is 3.88. The first-order valence-corrected chi connectivity index (χ1v) is 7.88. The number of aryl methyl sites for hydroxylation is 1. The highest BCUT2D eigenvalue weighted by atomic mass is 32.1. The van der Waals surface area contributed by atoms with Crippen LogP contribution >= 0.6 is 11.3 Å². The molecule has 0 aliphatic rings. The summed E-state index contributed by atoms with van der Waals surface area (Å²) in [6.45, 7) is 6.07. The third-order valence-corrected chi connectivity index (χ3v) is 3.77. The van der Waals surface area contributed by atoms with Gasteiger partial charge in [0.1, 0.15) is 0 Å². The van der Waals surface area contributed by atoms with Crippen molar-refractivity contribution in [1.29, 1.82) is 0 Å². The Morgan fingerprint density at radius 1 is 1.42 bits per heavy atom. The quantitative estimate of drug-likeness (QED) is 0.475. The molecule has 0 atom stereocenters. The van der Waals surface area contributed by atoms with Gasteiger partial charge in [0.15, 0.2) is 5.96 Å². The predicted molar refractivity (Wildman–Crippen MR) is 83.8 cm³/mol. The van der Waals surface area contributed by atoms with Crippen molar-refractivity contribution < 1.29 is 0 Å². The minimum atomic E-state index is 0.805. The van der Waals surface area contributed by atoms with E-state index in [1.165, 1.54) is 25.7 Å². The molecule has 0 spiro atoms. The van der Waals surface area contributed by atoms with Crippen LogP contribution in [0.15, 0.2) is 10.4 Å². The summed E-state index contributed by atoms with van der Waals surface area (Å²) in [5.74, 6) is 0.946. The zero-order chi connectivity index (χ0) is 14.1. The maximum Gasteiger partial charge on any atom is 0.193 e. The lowest BCUT2D eigenvalue weighted by molar-refractivity contribution is 0.468. The summed E-state index contributed by atoms with van der Waals surface area (Å²) >= 11 is 1.69. The molecule has 0 saturated carbocycles. The van der Waals surface area contributed by atoms with Crippen molar-refractivity contribution in [3.63, 3.8) is 0 Å². The molecule has 1 aromatic heterocycles. The summed E-state index contributed by atoms with van der Waals surface area (Å²) in [6, 6.07) is 0. The fraction of sp³-hybridized carbons (Fsp3) is 0.714. The van der Waals surface area contributed by atoms with E-state index >= 15 is 0 Å². The summed E-state index contributed by atoms with van der Waals surface area (Å²) < 4.78 is 0. The average Bonchev–Trinajstić information content (AvgIpc) is 2.79. The number of nitrogens with one attached hydrogen (secondary N) is 1. The van der Waals surface area contributed by atoms with Crippen LogP contribution in [-0.4, -0.2) is 36.5 Å². The Kier molecular flexibility index (Phi) is 7.48. The van der Waals surface area contributed by atoms with Gasteiger partial charge >= 0.3 is 0 Å². The van der Waals surface area contributed by atoms with E-state index in [0.717, 1.165) is 29.8 Å². The summed E-state index contributed by atoms with van der Waals surface area (Å²) in [4.78, 5) is 10.9. The van der Waals surface area contributed by atoms with Gasteiger partial charge in [0, 0.05) is 26.0 Å². The molecule has 108 valence electrons. The smallest absolute Gasteiger partial charge is 0.193 e. The molecule has 0 saturated heterocycles. The Hall–Kier alpha value is -1.10. The van der Waals surface area contributed by atoms with Crippen LogP contribution in [0.2, 0.25) is 0 Å². The van der Waals surface area contributed by atoms with E-state index in [1.807, 2.05) is 14.0 Å². The van der Waals surface area contributed by atoms with Gasteiger partial charge in [-0.15, -0.1) is 11.3 Å². The molecule has 1 N–H and O–H groups in total. The molecular formula is C14H26N4S. The number of rotatable bonds is 7. The lowest BCUT2D eigenvalue weighted by atomic mass is 10.2. The molecule has 1 aromatic rings. The fourth-order valence-electron chi connectivity index (χ4n) is 1.94. The van der Waals surface area contributed by atoms with Gasteiger partial charge in [0.05, 0.1) is 17.2 Å². The highest BCUT2D eigenvalue weighted by molar-refractivity contribution is 7.09. The van der Waals surface area contributed by atoms with E-state index in [0.29, 0.717) is 0 Å². The molecule has 0 aromatic carbocycles. The zero-order valence-electron chi connectivity index (χ0n) is 12.6. The number of aromatic nitrogens is 1. The van der Waals surface area contributed by atoms with Crippen molar-refractivity contribution >= 4 is 17.3 Å². The molecule has 0 unspecified atom stereocenters. The van der Waals surface area contributed by atoms with Gasteiger partial charge in [-0.2, -0.15) is 0 Å². The highest BCUT2D eigenvalue weighted by Crippen LogP contribution is 2.09. The van der Waals surface area contributed by atoms with Crippen molar-refractivity contribution in [3.05, 3.63) is 16.1 Å². The van der Waals surface area contributed by atoms with Crippen molar-refractivity contribution in [2.75, 3.05) is 20.6 Å². The van der Waals surface area contributed by atoms with Crippen molar-refractivity contribution in [1.82, 2.24) is 15.2 Å². The second kappa shape index (κ2) is 8.91. The molecule has 19 heavy (non-hydrogen) atoms. The Morgan fingerprint density at radius 3 is 2.79 bits per heavy atom. The fourth-order valence-corrected chi connectivity index (χ4v) is 2.54. The maximum atomic E-state index is 4.48. The van der Waals surface area contributed by atoms with E-state index in [4.69, 9.17) is 0 Å². The molecule has 1 heterocycles. The van der Waals surface area contributed by atoms with E-state index in [2.05, 4.69) is 39.5 Å². The molecule has 0 aliphatic carbocycles. The van der Waals surface area contributed by atoms with Crippen LogP contribution in [0, 0.1) is 6.92 Å². The first-order chi connectivity index (χ1) is 9.17. The Morgan fingerprint density at radius 2 is 2.21 bits per heavy atom. The number of nitrogens with zero attached hydrogens (tertiary/aromatic N) is 3. The normalized spacial score (nSPS) is 11.7. The Bertz CT molecular complexity index is 387. The van der Waals surface area contributed by atoms with E-state index in [-0.39, 0.29) is 0 Å². The minimum absolute atomic E-state index is 0.805. The highest BCUT2D eigenvalue weighted by Gasteiger charge is 2.07. The van der Waals surface area contributed by atoms with Crippen LogP contribution < -0.4 is 5.32 Å². The van der Waals surface area contributed by atoms with Crippen LogP contribution in [0.4, 0.5) is 0 Å². The lowest BCUT2D eigenvalue weighted by Gasteiger charge is -2.21. The Labute approximate surface area is 121 Å². The molecule has 5 heteroatoms. The summed E-state index contributed by atoms with van der Waals surface area (Å²) in [5, 5.41) is 6.63. The minimum Gasteiger partial charge on any atom is -0.356 e. The summed E-state index contributed by atoms with van der Waals surface area (Å²) in [6.07, 6.45) is 5.08. The standard InChI is InChI=1S/C14H26N4S/c1-5-6-7-8-9-16-14(15-3)18(4)10-13-11-19-12(2)17-13/h11H,5-10H2,1-4H3,(H,15,16). The Balaban J connectivity index is 2.33. The second-order valence-electron chi connectivity index (χ2n) is 4.75. The largest absolute Gasteiger partial charge is 0.356 e. The van der Waals surface area contributed by atoms with Crippen LogP contribution in [0.3, 0.4) is 0 Å². The molecule has 1 rings (SSSR count). The van der Waals surface area contributed by atoms with Crippen LogP contribution in [0.5, 0.6) is 0 Å². The van der Waals surface area contributed by atoms with Crippen LogP contribution in [-0.2, 0) is 6.54 Å². The zero-order valence-corrected chi connectivity index (χ0v) is 13.4. The number of hydrogen-bond acceptors (Lipinski definition) is 3. The van der Waals surface area contributed by atoms with Crippen LogP contribution in [0.1, 0.15) is 43.3 Å². The number of hydrogen-bond donors (Lipinski definition) is 1. The third-order valence-electron chi connectivity index (χ3n) is 2.95. The first kappa shape index (κ1) is 16.0. The van der Waals surface area contributed by atoms with Gasteiger partial charge in [-0.25, -0.2) is 4.98 Å². The number of unbranched alkanes of at least 4 members (excludes halogenated alkanes) is 3. The van der Waals surface area contributed by atoms with Crippen LogP contribution in [0.25, 0.3) is 0 Å². The molecule has 0 amide bonds. The van der Waals surface area contributed by atoms with Crippen molar-refractivity contribution in [2.45, 2.75) is 46.1 Å². The molecule has 0 aliphatic heterocycles. The van der Waals surface area contributed by atoms with E-state index < -0.39 is 0 Å². The molecule has 0 radical (unpaired) electrons. The maximum absolute atomic E-state index is 4.48. The predicted octanol–water partition coefficient (Wildman–Crippen LogP) is 3.04. The monoisotopic (exact) mass is 282 g/mol. The van der Waals surface area contributed by atoms with E-state index in [1.54, 1.807) is 11.3 Å². The van der Waals surface area contributed by atoms with Gasteiger partial charge < -0.3 is 10.2 Å². The van der Waals surface area contributed by atoms with Gasteiger partial charge in [0.2, 0.25) is 0 Å². The number of aliphatic imine (C=N–C) groups is 1. The SMILES string of the molecule is CCCCCCNC(=NC)N(C)Cc1csc(C)n1. The second-order valence-corrected chi connectivity index (χ2v) is 5.81. The number of guanidine groups is 1. The molecule has 0 fully saturated rings. The van der Waals surface area contributed by atoms with Gasteiger partial charge in [-0.05, 0) is 13.3 Å². The van der Waals surface area contributed by atoms with Gasteiger partial charge in [-0.1, -0.05) is 26.2 Å². The first-order valence-electron chi connectivity index (χ1n) is 7.00. The lowest BCUT2D eigenvalue weighted by Crippen LogP contribution is -2.38. The summed E-state index contributed by atoms with van der Waals surface area (Å²) in [5.41, 5.74) is 1.11. The third kappa shape index (κ3) is 6.05. The van der Waals surface area contributed by atoms with Crippen molar-refractivity contribution in [2.24, 2.45) is 4.99 Å². The number of thiazole rings is 1. The molecule has 4 nitrogen and oxygen atoms in total. The average molecular weight is 282 g/mol. The molecular weight excluding hydrogens is 256 g/mol. The van der Waals surface area contributed by atoms with E-state index in [9.17, 15) is 0 Å². The van der Waals surface area contributed by atoms with Crippen molar-refractivity contribution in [3.8, 4) is 0 Å². The van der Waals surface area contributed by atoms with Gasteiger partial charge in [-0.3, -0.25) is 4.99 Å².